The number of phenolic OH excluding ortho intramolecular Hbond substituents is 1. The van der Waals surface area contributed by atoms with E-state index in [1.807, 2.05) is 6.08 Å². The molecule has 0 saturated carbocycles. The van der Waals surface area contributed by atoms with Gasteiger partial charge >= 0.3 is 0 Å². The highest BCUT2D eigenvalue weighted by Gasteiger charge is 2.53. The van der Waals surface area contributed by atoms with Crippen LogP contribution in [0.1, 0.15) is 31.2 Å². The minimum absolute atomic E-state index is 0.0113. The molecule has 3 aliphatic carbocycles. The Bertz CT molecular complexity index is 1160. The molecule has 1 aliphatic heterocycles. The van der Waals surface area contributed by atoms with Crippen LogP contribution in [0, 0.1) is 17.8 Å². The number of benzene rings is 1. The molecule has 2 N–H and O–H groups in total. The first kappa shape index (κ1) is 19.2. The van der Waals surface area contributed by atoms with E-state index in [1.165, 1.54) is 12.1 Å². The van der Waals surface area contributed by atoms with E-state index in [1.54, 1.807) is 19.1 Å². The average Bonchev–Trinajstić information content (AvgIpc) is 3.00. The predicted molar refractivity (Wildman–Crippen MR) is 110 cm³/mol. The van der Waals surface area contributed by atoms with Crippen LogP contribution in [0.3, 0.4) is 0 Å². The number of Topliss-reactive ketones (excluding diaryl/α,β-unsaturated/α-hetero) is 1. The third-order valence-electron chi connectivity index (χ3n) is 6.71. The highest BCUT2D eigenvalue weighted by atomic mass is 79.9. The van der Waals surface area contributed by atoms with Gasteiger partial charge in [-0.25, -0.2) is 0 Å². The Morgan fingerprint density at radius 3 is 2.63 bits per heavy atom. The maximum absolute atomic E-state index is 13.0. The molecule has 1 saturated heterocycles. The van der Waals surface area contributed by atoms with Crippen LogP contribution in [0.5, 0.6) is 5.75 Å². The highest BCUT2D eigenvalue weighted by Crippen LogP contribution is 2.55. The zero-order valence-electron chi connectivity index (χ0n) is 16.1. The minimum Gasteiger partial charge on any atom is -0.508 e. The molecular weight excluding hydrogens is 450 g/mol. The lowest BCUT2D eigenvalue weighted by atomic mass is 9.59. The summed E-state index contributed by atoms with van der Waals surface area (Å²) >= 11 is 3.42. The number of imide groups is 1. The Morgan fingerprint density at radius 2 is 1.87 bits per heavy atom. The van der Waals surface area contributed by atoms with Gasteiger partial charge in [0.25, 0.3) is 0 Å². The number of amides is 2. The molecule has 30 heavy (non-hydrogen) atoms. The fraction of sp³-hybridized carbons (Fsp3) is 0.304. The molecule has 0 bridgehead atoms. The number of carbonyl (C=O) groups excluding carboxylic acids is 4. The van der Waals surface area contributed by atoms with Crippen LogP contribution >= 0.6 is 15.9 Å². The number of aromatic hydroxyl groups is 1. The van der Waals surface area contributed by atoms with E-state index in [9.17, 15) is 24.3 Å². The second-order valence-corrected chi connectivity index (χ2v) is 9.20. The fourth-order valence-electron chi connectivity index (χ4n) is 5.40. The Morgan fingerprint density at radius 1 is 1.10 bits per heavy atom. The lowest BCUT2D eigenvalue weighted by Crippen LogP contribution is -2.39. The lowest BCUT2D eigenvalue weighted by Gasteiger charge is -2.42. The number of hydrogen-bond acceptors (Lipinski definition) is 5. The summed E-state index contributed by atoms with van der Waals surface area (Å²) in [5, 5.41) is 13.1. The molecule has 1 aromatic rings. The zero-order valence-corrected chi connectivity index (χ0v) is 17.7. The number of rotatable bonds is 1. The summed E-state index contributed by atoms with van der Waals surface area (Å²) in [6.07, 6.45) is 3.90. The van der Waals surface area contributed by atoms with Crippen molar-refractivity contribution in [3.63, 3.8) is 0 Å². The predicted octanol–water partition coefficient (Wildman–Crippen LogP) is 2.87. The molecule has 4 atom stereocenters. The molecule has 0 aromatic heterocycles. The Hall–Kier alpha value is -2.80. The standard InChI is InChI=1S/C23H18BrNO5/c1-9-6-17(27)20-15(21(9)28)8-13-11(3-4-12-19(13)23(30)25-22(12)29)18(20)14-7-10(24)2-5-16(14)26/h2-3,5-7,12-13,18-19,26H,4,8H2,1H3,(H,25,29,30)/t12-,13+,18+,19-/m0/s1. The number of hydrogen-bond donors (Lipinski definition) is 2. The van der Waals surface area contributed by atoms with Crippen LogP contribution in [-0.2, 0) is 19.2 Å². The van der Waals surface area contributed by atoms with Gasteiger partial charge in [0.1, 0.15) is 5.75 Å². The first-order valence-electron chi connectivity index (χ1n) is 9.81. The van der Waals surface area contributed by atoms with Crippen molar-refractivity contribution in [3.8, 4) is 5.75 Å². The SMILES string of the molecule is CC1=CC(=O)C2=C(C[C@@H]3C(=CC[C@@H]4C(=O)NC(=O)[C@@H]43)[C@@H]2c2cc(Br)ccc2O)C1=O. The maximum Gasteiger partial charge on any atom is 0.231 e. The van der Waals surface area contributed by atoms with Crippen LogP contribution in [0.4, 0.5) is 0 Å². The highest BCUT2D eigenvalue weighted by molar-refractivity contribution is 9.10. The van der Waals surface area contributed by atoms with Crippen molar-refractivity contribution in [1.82, 2.24) is 5.32 Å². The van der Waals surface area contributed by atoms with Crippen molar-refractivity contribution in [2.45, 2.75) is 25.7 Å². The van der Waals surface area contributed by atoms with E-state index in [0.29, 0.717) is 28.7 Å². The van der Waals surface area contributed by atoms with Crippen molar-refractivity contribution in [2.75, 3.05) is 0 Å². The van der Waals surface area contributed by atoms with Gasteiger partial charge < -0.3 is 5.11 Å². The summed E-state index contributed by atoms with van der Waals surface area (Å²) in [6.45, 7) is 1.61. The molecule has 6 nitrogen and oxygen atoms in total. The first-order chi connectivity index (χ1) is 14.3. The summed E-state index contributed by atoms with van der Waals surface area (Å²) in [6, 6.07) is 4.97. The van der Waals surface area contributed by atoms with Gasteiger partial charge in [-0.15, -0.1) is 0 Å². The number of carbonyl (C=O) groups is 4. The number of nitrogens with one attached hydrogen (secondary N) is 1. The second-order valence-electron chi connectivity index (χ2n) is 8.29. The maximum atomic E-state index is 13.0. The zero-order chi connectivity index (χ0) is 21.3. The summed E-state index contributed by atoms with van der Waals surface area (Å²) < 4.78 is 0.726. The third kappa shape index (κ3) is 2.61. The molecule has 152 valence electrons. The van der Waals surface area contributed by atoms with E-state index in [-0.39, 0.29) is 41.5 Å². The largest absolute Gasteiger partial charge is 0.508 e. The molecular formula is C23H18BrNO5. The van der Waals surface area contributed by atoms with Gasteiger partial charge in [-0.05, 0) is 50.0 Å². The van der Waals surface area contributed by atoms with Crippen molar-refractivity contribution in [3.05, 3.63) is 62.7 Å². The van der Waals surface area contributed by atoms with E-state index in [4.69, 9.17) is 0 Å². The van der Waals surface area contributed by atoms with Crippen molar-refractivity contribution in [1.29, 1.82) is 0 Å². The minimum atomic E-state index is -0.637. The van der Waals surface area contributed by atoms with Gasteiger partial charge in [0.05, 0.1) is 11.8 Å². The normalized spacial score (nSPS) is 30.3. The van der Waals surface area contributed by atoms with Gasteiger partial charge in [-0.1, -0.05) is 27.6 Å². The smallest absolute Gasteiger partial charge is 0.231 e. The number of fused-ring (bicyclic) bond motifs is 3. The summed E-state index contributed by atoms with van der Waals surface area (Å²) in [7, 11) is 0. The Kier molecular flexibility index (Phi) is 4.22. The van der Waals surface area contributed by atoms with Gasteiger partial charge in [0.2, 0.25) is 11.8 Å². The van der Waals surface area contributed by atoms with E-state index in [2.05, 4.69) is 21.2 Å². The topological polar surface area (TPSA) is 101 Å². The third-order valence-corrected chi connectivity index (χ3v) is 7.20. The summed E-state index contributed by atoms with van der Waals surface area (Å²) in [5.41, 5.74) is 2.44. The lowest BCUT2D eigenvalue weighted by molar-refractivity contribution is -0.126. The van der Waals surface area contributed by atoms with Crippen molar-refractivity contribution >= 4 is 39.3 Å². The summed E-state index contributed by atoms with van der Waals surface area (Å²) in [5.74, 6) is -3.12. The molecule has 2 amide bonds. The van der Waals surface area contributed by atoms with Crippen LogP contribution in [0.25, 0.3) is 0 Å². The summed E-state index contributed by atoms with van der Waals surface area (Å²) in [4.78, 5) is 50.9. The number of halogens is 1. The van der Waals surface area contributed by atoms with E-state index in [0.717, 1.165) is 10.0 Å². The number of allylic oxidation sites excluding steroid dienone is 6. The van der Waals surface area contributed by atoms with Crippen molar-refractivity contribution < 1.29 is 24.3 Å². The molecule has 0 unspecified atom stereocenters. The average molecular weight is 468 g/mol. The van der Waals surface area contributed by atoms with Crippen LogP contribution < -0.4 is 5.32 Å². The molecule has 0 spiro atoms. The fourth-order valence-corrected chi connectivity index (χ4v) is 5.78. The molecule has 5 rings (SSSR count). The van der Waals surface area contributed by atoms with Crippen molar-refractivity contribution in [2.24, 2.45) is 17.8 Å². The quantitative estimate of drug-likeness (QED) is 0.375. The van der Waals surface area contributed by atoms with Crippen LogP contribution in [-0.4, -0.2) is 28.5 Å². The van der Waals surface area contributed by atoms with E-state index >= 15 is 0 Å². The number of ketones is 2. The molecule has 4 aliphatic rings. The monoisotopic (exact) mass is 467 g/mol. The Labute approximate surface area is 180 Å². The van der Waals surface area contributed by atoms with E-state index < -0.39 is 17.8 Å². The first-order valence-corrected chi connectivity index (χ1v) is 10.6. The van der Waals surface area contributed by atoms with Gasteiger partial charge in [-0.2, -0.15) is 0 Å². The molecule has 1 fully saturated rings. The van der Waals surface area contributed by atoms with Gasteiger partial charge in [0.15, 0.2) is 11.6 Å². The molecule has 0 radical (unpaired) electrons. The van der Waals surface area contributed by atoms with Gasteiger partial charge in [0, 0.05) is 32.7 Å². The van der Waals surface area contributed by atoms with Gasteiger partial charge in [-0.3, -0.25) is 24.5 Å². The second kappa shape index (κ2) is 6.60. The van der Waals surface area contributed by atoms with Crippen LogP contribution in [0.15, 0.2) is 57.1 Å². The molecule has 1 aromatic carbocycles. The molecule has 7 heteroatoms. The Balaban J connectivity index is 1.75. The van der Waals surface area contributed by atoms with Crippen LogP contribution in [0.2, 0.25) is 0 Å². The number of phenols is 1. The molecule has 1 heterocycles.